The minimum Gasteiger partial charge on any atom is -0.392 e. The highest BCUT2D eigenvalue weighted by atomic mass is 19.4. The Morgan fingerprint density at radius 2 is 2.00 bits per heavy atom. The van der Waals surface area contributed by atoms with E-state index < -0.39 is 29.9 Å². The lowest BCUT2D eigenvalue weighted by molar-refractivity contribution is -0.139. The highest BCUT2D eigenvalue weighted by Crippen LogP contribution is 2.31. The Morgan fingerprint density at radius 3 is 2.46 bits per heavy atom. The molecule has 0 aliphatic rings. The average Bonchev–Trinajstić information content (AvgIpc) is 2.03. The molecule has 6 heteroatoms. The number of nitrogens with zero attached hydrogens (tertiary/aromatic N) is 1. The second kappa shape index (κ2) is 3.29. The van der Waals surface area contributed by atoms with Gasteiger partial charge in [-0.05, 0) is 0 Å². The molecule has 0 bridgehead atoms. The van der Waals surface area contributed by atoms with Gasteiger partial charge in [-0.15, -0.1) is 0 Å². The number of halogens is 4. The Labute approximate surface area is 70.8 Å². The van der Waals surface area contributed by atoms with Crippen LogP contribution in [0.4, 0.5) is 17.6 Å². The zero-order chi connectivity index (χ0) is 10.1. The van der Waals surface area contributed by atoms with Crippen molar-refractivity contribution in [2.75, 3.05) is 0 Å². The maximum Gasteiger partial charge on any atom is 0.416 e. The molecule has 0 amide bonds. The maximum absolute atomic E-state index is 12.3. The normalized spacial score (nSPS) is 11.8. The highest BCUT2D eigenvalue weighted by Gasteiger charge is 2.33. The zero-order valence-corrected chi connectivity index (χ0v) is 6.27. The molecule has 0 aliphatic carbocycles. The molecular weight excluding hydrogens is 190 g/mol. The van der Waals surface area contributed by atoms with Crippen LogP contribution in [0, 0.1) is 5.95 Å². The van der Waals surface area contributed by atoms with Crippen molar-refractivity contribution in [1.29, 1.82) is 0 Å². The summed E-state index contributed by atoms with van der Waals surface area (Å²) in [6.45, 7) is -0.817. The Morgan fingerprint density at radius 1 is 1.38 bits per heavy atom. The van der Waals surface area contributed by atoms with Crippen molar-refractivity contribution < 1.29 is 22.7 Å². The summed E-state index contributed by atoms with van der Waals surface area (Å²) in [5, 5.41) is 8.51. The third-order valence-corrected chi connectivity index (χ3v) is 1.43. The van der Waals surface area contributed by atoms with Crippen LogP contribution in [0.2, 0.25) is 0 Å². The van der Waals surface area contributed by atoms with E-state index in [2.05, 4.69) is 4.98 Å². The Hall–Kier alpha value is -1.17. The molecule has 1 aromatic heterocycles. The molecule has 0 aromatic carbocycles. The Balaban J connectivity index is 3.24. The van der Waals surface area contributed by atoms with Crippen molar-refractivity contribution in [3.63, 3.8) is 0 Å². The van der Waals surface area contributed by atoms with Gasteiger partial charge in [-0.1, -0.05) is 0 Å². The van der Waals surface area contributed by atoms with E-state index >= 15 is 0 Å². The molecule has 0 unspecified atom stereocenters. The molecule has 0 saturated heterocycles. The fourth-order valence-corrected chi connectivity index (χ4v) is 0.848. The molecule has 0 aliphatic heterocycles. The Bertz CT molecular complexity index is 310. The van der Waals surface area contributed by atoms with Crippen molar-refractivity contribution in [2.24, 2.45) is 0 Å². The van der Waals surface area contributed by atoms with Gasteiger partial charge in [0.1, 0.15) is 0 Å². The molecule has 0 radical (unpaired) electrons. The van der Waals surface area contributed by atoms with E-state index in [1.807, 2.05) is 0 Å². The first-order valence-corrected chi connectivity index (χ1v) is 3.27. The number of aromatic nitrogens is 1. The molecular formula is C7H5F4NO. The van der Waals surface area contributed by atoms with Crippen LogP contribution < -0.4 is 0 Å². The lowest BCUT2D eigenvalue weighted by atomic mass is 10.1. The first-order valence-electron chi connectivity index (χ1n) is 3.27. The molecule has 1 aromatic rings. The van der Waals surface area contributed by atoms with Gasteiger partial charge in [0.15, 0.2) is 0 Å². The van der Waals surface area contributed by atoms with E-state index in [0.29, 0.717) is 6.20 Å². The summed E-state index contributed by atoms with van der Waals surface area (Å²) in [5.41, 5.74) is -1.63. The average molecular weight is 195 g/mol. The molecule has 0 fully saturated rings. The van der Waals surface area contributed by atoms with Crippen LogP contribution in [0.1, 0.15) is 11.1 Å². The van der Waals surface area contributed by atoms with Gasteiger partial charge in [0.2, 0.25) is 5.95 Å². The second-order valence-electron chi connectivity index (χ2n) is 2.32. The quantitative estimate of drug-likeness (QED) is 0.546. The van der Waals surface area contributed by atoms with Crippen molar-refractivity contribution in [1.82, 2.24) is 4.98 Å². The number of pyridine rings is 1. The second-order valence-corrected chi connectivity index (χ2v) is 2.32. The molecule has 2 nitrogen and oxygen atoms in total. The largest absolute Gasteiger partial charge is 0.416 e. The van der Waals surface area contributed by atoms with E-state index in [1.165, 1.54) is 0 Å². The van der Waals surface area contributed by atoms with Gasteiger partial charge in [-0.25, -0.2) is 4.98 Å². The predicted octanol–water partition coefficient (Wildman–Crippen LogP) is 1.73. The topological polar surface area (TPSA) is 33.1 Å². The number of aliphatic hydroxyl groups is 1. The number of alkyl halides is 3. The summed E-state index contributed by atoms with van der Waals surface area (Å²) in [6.07, 6.45) is -4.00. The van der Waals surface area contributed by atoms with Gasteiger partial charge in [0.05, 0.1) is 12.2 Å². The lowest BCUT2D eigenvalue weighted by Gasteiger charge is -2.09. The van der Waals surface area contributed by atoms with E-state index in [1.54, 1.807) is 0 Å². The van der Waals surface area contributed by atoms with E-state index in [-0.39, 0.29) is 6.07 Å². The van der Waals surface area contributed by atoms with E-state index in [0.717, 1.165) is 0 Å². The van der Waals surface area contributed by atoms with Crippen molar-refractivity contribution in [3.8, 4) is 0 Å². The molecule has 72 valence electrons. The van der Waals surface area contributed by atoms with Gasteiger partial charge >= 0.3 is 6.18 Å². The van der Waals surface area contributed by atoms with Gasteiger partial charge in [-0.2, -0.15) is 17.6 Å². The monoisotopic (exact) mass is 195 g/mol. The number of hydrogen-bond donors (Lipinski definition) is 1. The summed E-state index contributed by atoms with van der Waals surface area (Å²) < 4.78 is 48.7. The minimum atomic E-state index is -4.66. The summed E-state index contributed by atoms with van der Waals surface area (Å²) in [4.78, 5) is 3.00. The zero-order valence-electron chi connectivity index (χ0n) is 6.27. The standard InChI is InChI=1S/C7H5F4NO/c8-6-1-5(7(9,10)11)4(3-13)2-12-6/h1-2,13H,3H2. The SMILES string of the molecule is OCc1cnc(F)cc1C(F)(F)F. The Kier molecular flexibility index (Phi) is 2.51. The molecule has 0 atom stereocenters. The lowest BCUT2D eigenvalue weighted by Crippen LogP contribution is -2.10. The third-order valence-electron chi connectivity index (χ3n) is 1.43. The van der Waals surface area contributed by atoms with Crippen LogP contribution in [0.5, 0.6) is 0 Å². The summed E-state index contributed by atoms with van der Waals surface area (Å²) in [5.74, 6) is -1.22. The van der Waals surface area contributed by atoms with Gasteiger partial charge in [0.25, 0.3) is 0 Å². The first kappa shape index (κ1) is 9.91. The fraction of sp³-hybridized carbons (Fsp3) is 0.286. The minimum absolute atomic E-state index is 0.256. The van der Waals surface area contributed by atoms with Crippen LogP contribution in [-0.4, -0.2) is 10.1 Å². The maximum atomic E-state index is 12.3. The summed E-state index contributed by atoms with van der Waals surface area (Å²) in [7, 11) is 0. The fourth-order valence-electron chi connectivity index (χ4n) is 0.848. The van der Waals surface area contributed by atoms with Crippen molar-refractivity contribution in [2.45, 2.75) is 12.8 Å². The van der Waals surface area contributed by atoms with E-state index in [9.17, 15) is 17.6 Å². The van der Waals surface area contributed by atoms with Crippen LogP contribution >= 0.6 is 0 Å². The third kappa shape index (κ3) is 2.15. The van der Waals surface area contributed by atoms with Gasteiger partial charge in [-0.3, -0.25) is 0 Å². The molecule has 0 saturated carbocycles. The molecule has 1 N–H and O–H groups in total. The first-order chi connectivity index (χ1) is 5.95. The molecule has 0 spiro atoms. The number of hydrogen-bond acceptors (Lipinski definition) is 2. The van der Waals surface area contributed by atoms with Crippen LogP contribution in [-0.2, 0) is 12.8 Å². The van der Waals surface area contributed by atoms with Crippen LogP contribution in [0.15, 0.2) is 12.3 Å². The van der Waals surface area contributed by atoms with Crippen molar-refractivity contribution >= 4 is 0 Å². The van der Waals surface area contributed by atoms with Crippen LogP contribution in [0.25, 0.3) is 0 Å². The summed E-state index contributed by atoms with van der Waals surface area (Å²) in [6, 6.07) is 0.256. The number of aliphatic hydroxyl groups excluding tert-OH is 1. The van der Waals surface area contributed by atoms with E-state index in [4.69, 9.17) is 5.11 Å². The van der Waals surface area contributed by atoms with Crippen molar-refractivity contribution in [3.05, 3.63) is 29.3 Å². The van der Waals surface area contributed by atoms with Gasteiger partial charge < -0.3 is 5.11 Å². The van der Waals surface area contributed by atoms with Gasteiger partial charge in [0, 0.05) is 17.8 Å². The highest BCUT2D eigenvalue weighted by molar-refractivity contribution is 5.25. The molecule has 1 rings (SSSR count). The number of rotatable bonds is 1. The molecule has 1 heterocycles. The smallest absolute Gasteiger partial charge is 0.392 e. The summed E-state index contributed by atoms with van der Waals surface area (Å²) >= 11 is 0. The predicted molar refractivity (Wildman–Crippen MR) is 35.1 cm³/mol. The molecule has 13 heavy (non-hydrogen) atoms. The van der Waals surface area contributed by atoms with Crippen LogP contribution in [0.3, 0.4) is 0 Å².